The van der Waals surface area contributed by atoms with Crippen molar-refractivity contribution >= 4 is 77.0 Å². The molecule has 1 aliphatic heterocycles. The number of hydrogen-bond donors (Lipinski definition) is 5. The molecule has 4 heterocycles. The van der Waals surface area contributed by atoms with Gasteiger partial charge >= 0.3 is 0 Å². The Kier molecular flexibility index (Phi) is 9.12. The number of aliphatic imine (C=N–C) groups is 2. The molecule has 298 valence electrons. The highest BCUT2D eigenvalue weighted by Crippen LogP contribution is 2.41. The third-order valence-corrected chi connectivity index (χ3v) is 13.5. The Hall–Kier alpha value is -5.92. The van der Waals surface area contributed by atoms with E-state index in [0.29, 0.717) is 44.6 Å². The van der Waals surface area contributed by atoms with Crippen LogP contribution < -0.4 is 9.44 Å². The summed E-state index contributed by atoms with van der Waals surface area (Å²) in [7, 11) is -8.50. The summed E-state index contributed by atoms with van der Waals surface area (Å²) in [6, 6.07) is 29.0. The predicted molar refractivity (Wildman–Crippen MR) is 236 cm³/mol. The van der Waals surface area contributed by atoms with E-state index in [4.69, 9.17) is 0 Å². The van der Waals surface area contributed by atoms with Crippen LogP contribution in [0.15, 0.2) is 117 Å². The minimum atomic E-state index is -4.25. The number of sulfonamides is 2. The molecule has 0 atom stereocenters. The fourth-order valence-electron chi connectivity index (χ4n) is 7.19. The predicted octanol–water partition coefficient (Wildman–Crippen LogP) is 10.3. The van der Waals surface area contributed by atoms with Crippen LogP contribution in [0.25, 0.3) is 21.8 Å². The molecular weight excluding hydrogens is 767 g/mol. The summed E-state index contributed by atoms with van der Waals surface area (Å²) < 4.78 is 63.8. The number of nitrogens with one attached hydrogen (secondary N) is 5. The van der Waals surface area contributed by atoms with E-state index in [0.717, 1.165) is 33.9 Å². The minimum absolute atomic E-state index is 0.00383. The lowest BCUT2D eigenvalue weighted by Gasteiger charge is -2.22. The number of benzene rings is 4. The summed E-state index contributed by atoms with van der Waals surface area (Å²) in [4.78, 5) is 19.5. The Balaban J connectivity index is 1.35. The molecule has 0 spiro atoms. The summed E-state index contributed by atoms with van der Waals surface area (Å²) in [6.45, 7) is 16.3. The summed E-state index contributed by atoms with van der Waals surface area (Å²) in [5.41, 5.74) is 6.05. The van der Waals surface area contributed by atoms with E-state index in [1.165, 1.54) is 0 Å². The second-order valence-corrected chi connectivity index (χ2v) is 20.8. The number of rotatable bonds is 0. The topological polar surface area (TPSA) is 164 Å². The van der Waals surface area contributed by atoms with Gasteiger partial charge in [-0.2, -0.15) is 0 Å². The van der Waals surface area contributed by atoms with Crippen molar-refractivity contribution < 1.29 is 16.8 Å². The third-order valence-electron chi connectivity index (χ3n) is 10.7. The first-order valence-corrected chi connectivity index (χ1v) is 22.0. The Bertz CT molecular complexity index is 2840. The lowest BCUT2D eigenvalue weighted by atomic mass is 9.85. The maximum absolute atomic E-state index is 14.6. The molecule has 0 radical (unpaired) electrons. The summed E-state index contributed by atoms with van der Waals surface area (Å²) >= 11 is 0. The number of nitrogens with zero attached hydrogens (tertiary/aromatic N) is 2. The van der Waals surface area contributed by atoms with Gasteiger partial charge in [0.25, 0.3) is 20.0 Å². The lowest BCUT2D eigenvalue weighted by molar-refractivity contribution is 0.585. The second-order valence-electron chi connectivity index (χ2n) is 17.5. The highest BCUT2D eigenvalue weighted by molar-refractivity contribution is 7.93. The van der Waals surface area contributed by atoms with Gasteiger partial charge in [0.1, 0.15) is 9.79 Å². The van der Waals surface area contributed by atoms with Gasteiger partial charge in [0, 0.05) is 27.6 Å². The molecule has 8 rings (SSSR count). The fraction of sp³-hybridized carbons (Fsp3) is 0.244. The van der Waals surface area contributed by atoms with Crippen molar-refractivity contribution in [1.82, 2.24) is 15.0 Å². The molecule has 0 saturated carbocycles. The quantitative estimate of drug-likeness (QED) is 0.103. The van der Waals surface area contributed by atoms with E-state index in [1.54, 1.807) is 73.1 Å². The van der Waals surface area contributed by atoms with Gasteiger partial charge in [0.15, 0.2) is 0 Å². The Labute approximate surface area is 339 Å². The molecule has 13 heteroatoms. The summed E-state index contributed by atoms with van der Waals surface area (Å²) in [5, 5.41) is 1.19. The van der Waals surface area contributed by atoms with Crippen LogP contribution in [-0.4, -0.2) is 44.2 Å². The van der Waals surface area contributed by atoms with E-state index in [2.05, 4.69) is 48.2 Å². The van der Waals surface area contributed by atoms with Gasteiger partial charge in [-0.1, -0.05) is 53.7 Å². The standard InChI is InChI=1S/C45H47N7O4S2/c1-43(2,3)27-19-35-36-20-28(44(4,5)6)22-38-42(36)50-41(35)37(21-27)57(53,54)51-31-13-9-11-29(23-31)46-25-33-15-17-39(48-33)45(7,8)40-18-16-34(49-40)26-47-30-12-10-14-32(24-30)52-58(38,55)56/h9-26,48-52H,1-8H3. The highest BCUT2D eigenvalue weighted by Gasteiger charge is 2.30. The van der Waals surface area contributed by atoms with Crippen LogP contribution in [0.2, 0.25) is 0 Å². The Morgan fingerprint density at radius 3 is 1.33 bits per heavy atom. The molecular formula is C45H47N7O4S2. The average molecular weight is 814 g/mol. The van der Waals surface area contributed by atoms with Crippen LogP contribution in [0.5, 0.6) is 0 Å². The average Bonchev–Trinajstić information content (AvgIpc) is 3.91. The summed E-state index contributed by atoms with van der Waals surface area (Å²) in [6.07, 6.45) is 3.43. The zero-order chi connectivity index (χ0) is 41.4. The number of aromatic amines is 3. The van der Waals surface area contributed by atoms with Crippen molar-refractivity contribution in [3.8, 4) is 0 Å². The zero-order valence-corrected chi connectivity index (χ0v) is 35.4. The molecule has 11 nitrogen and oxygen atoms in total. The molecule has 3 aromatic heterocycles. The number of H-pyrrole nitrogens is 3. The van der Waals surface area contributed by atoms with Gasteiger partial charge in [-0.3, -0.25) is 19.4 Å². The van der Waals surface area contributed by atoms with Crippen molar-refractivity contribution in [3.63, 3.8) is 0 Å². The van der Waals surface area contributed by atoms with Crippen molar-refractivity contribution in [3.05, 3.63) is 131 Å². The maximum Gasteiger partial charge on any atom is 0.263 e. The van der Waals surface area contributed by atoms with E-state index >= 15 is 0 Å². The largest absolute Gasteiger partial charge is 0.357 e. The zero-order valence-electron chi connectivity index (χ0n) is 33.7. The first kappa shape index (κ1) is 38.9. The van der Waals surface area contributed by atoms with Crippen molar-refractivity contribution in [1.29, 1.82) is 0 Å². The molecule has 0 unspecified atom stereocenters. The van der Waals surface area contributed by atoms with Crippen LogP contribution in [0, 0.1) is 0 Å². The SMILES string of the molecule is CC(C)(C)c1cc2c3[nH]c4c(cc(C(C)(C)C)cc4c3c1)S(=O)(=O)Nc1cccc(c1)N=Cc1ccc([nH]1)C(C)(C)c1ccc([nH]1)C=Nc1cccc(c1)NS2(=O)=O. The van der Waals surface area contributed by atoms with Gasteiger partial charge in [0.2, 0.25) is 0 Å². The van der Waals surface area contributed by atoms with Crippen molar-refractivity contribution in [2.45, 2.75) is 81.4 Å². The van der Waals surface area contributed by atoms with Crippen LogP contribution in [-0.2, 0) is 36.3 Å². The molecule has 0 aliphatic carbocycles. The molecule has 1 aliphatic rings. The number of anilines is 2. The van der Waals surface area contributed by atoms with E-state index in [-0.39, 0.29) is 9.79 Å². The summed E-state index contributed by atoms with van der Waals surface area (Å²) in [5.74, 6) is 0. The molecule has 0 amide bonds. The van der Waals surface area contributed by atoms with Crippen molar-refractivity contribution in [2.75, 3.05) is 9.44 Å². The van der Waals surface area contributed by atoms with Crippen LogP contribution in [0.1, 0.15) is 89.3 Å². The molecule has 10 bridgehead atoms. The van der Waals surface area contributed by atoms with E-state index < -0.39 is 36.3 Å². The second kappa shape index (κ2) is 13.6. The fourth-order valence-corrected chi connectivity index (χ4v) is 9.70. The van der Waals surface area contributed by atoms with Gasteiger partial charge in [0.05, 0.1) is 57.6 Å². The van der Waals surface area contributed by atoms with E-state index in [1.807, 2.05) is 77.9 Å². The molecule has 0 fully saturated rings. The lowest BCUT2D eigenvalue weighted by Crippen LogP contribution is -2.20. The first-order valence-electron chi connectivity index (χ1n) is 19.0. The normalized spacial score (nSPS) is 16.4. The van der Waals surface area contributed by atoms with Gasteiger partial charge in [-0.05, 0) is 121 Å². The van der Waals surface area contributed by atoms with Crippen LogP contribution in [0.4, 0.5) is 22.7 Å². The molecule has 4 aromatic carbocycles. The van der Waals surface area contributed by atoms with Crippen molar-refractivity contribution in [2.24, 2.45) is 9.98 Å². The number of fused-ring (bicyclic) bond motifs is 9. The van der Waals surface area contributed by atoms with E-state index in [9.17, 15) is 16.8 Å². The van der Waals surface area contributed by atoms with Gasteiger partial charge < -0.3 is 15.0 Å². The maximum atomic E-state index is 14.6. The third kappa shape index (κ3) is 7.35. The Morgan fingerprint density at radius 2 is 0.931 bits per heavy atom. The Morgan fingerprint density at radius 1 is 0.517 bits per heavy atom. The number of aromatic nitrogens is 3. The highest BCUT2D eigenvalue weighted by atomic mass is 32.2. The minimum Gasteiger partial charge on any atom is -0.357 e. The number of hydrogen-bond acceptors (Lipinski definition) is 6. The molecule has 5 N–H and O–H groups in total. The molecule has 58 heavy (non-hydrogen) atoms. The smallest absolute Gasteiger partial charge is 0.263 e. The monoisotopic (exact) mass is 813 g/mol. The first-order chi connectivity index (χ1) is 27.2. The van der Waals surface area contributed by atoms with Gasteiger partial charge in [-0.15, -0.1) is 0 Å². The molecule has 0 saturated heterocycles. The van der Waals surface area contributed by atoms with Crippen LogP contribution >= 0.6 is 0 Å². The van der Waals surface area contributed by atoms with Gasteiger partial charge in [-0.25, -0.2) is 16.8 Å². The van der Waals surface area contributed by atoms with Crippen LogP contribution in [0.3, 0.4) is 0 Å². The molecule has 7 aromatic rings.